The van der Waals surface area contributed by atoms with Gasteiger partial charge < -0.3 is 15.0 Å². The van der Waals surface area contributed by atoms with Crippen LogP contribution in [0.1, 0.15) is 54.4 Å². The lowest BCUT2D eigenvalue weighted by atomic mass is 9.94. The molecule has 2 amide bonds. The second kappa shape index (κ2) is 16.4. The molecule has 0 heterocycles. The normalized spacial score (nSPS) is 14.1. The molecule has 0 bridgehead atoms. The van der Waals surface area contributed by atoms with E-state index in [2.05, 4.69) is 5.32 Å². The van der Waals surface area contributed by atoms with Gasteiger partial charge in [-0.3, -0.25) is 13.9 Å². The highest BCUT2D eigenvalue weighted by molar-refractivity contribution is 7.92. The number of hydrogen-bond acceptors (Lipinski definition) is 5. The maximum absolute atomic E-state index is 14.7. The molecule has 1 N–H and O–H groups in total. The van der Waals surface area contributed by atoms with Crippen LogP contribution in [0.2, 0.25) is 5.02 Å². The number of rotatable bonds is 13. The fraction of sp³-hybridized carbons (Fsp3) is 0.333. The molecule has 1 aliphatic carbocycles. The predicted octanol–water partition coefficient (Wildman–Crippen LogP) is 7.25. The van der Waals surface area contributed by atoms with Crippen molar-refractivity contribution in [3.05, 3.63) is 124 Å². The molecule has 0 aromatic heterocycles. The van der Waals surface area contributed by atoms with Gasteiger partial charge in [0.25, 0.3) is 10.0 Å². The van der Waals surface area contributed by atoms with Crippen LogP contribution in [0.25, 0.3) is 0 Å². The number of carbonyl (C=O) groups excluding carboxylic acids is 2. The standard InChI is InChI=1S/C39H44ClN3O5S/c1-28-14-18-31(19-15-28)26-42(36(24-30-10-6-4-7-11-30)39(45)41-32-12-8-5-9-13-32)38(44)27-43(33-20-23-37(48-3)35(40)25-33)49(46,47)34-21-16-29(2)17-22-34/h4,6-7,10-11,14-23,25,32,36H,5,8-9,12-13,24,26-27H2,1-3H3,(H,41,45)/t36-/m0/s1. The summed E-state index contributed by atoms with van der Waals surface area (Å²) >= 11 is 6.49. The molecule has 258 valence electrons. The van der Waals surface area contributed by atoms with Crippen LogP contribution >= 0.6 is 11.6 Å². The number of ether oxygens (including phenoxy) is 1. The van der Waals surface area contributed by atoms with E-state index in [0.717, 1.165) is 58.7 Å². The van der Waals surface area contributed by atoms with Crippen molar-refractivity contribution in [2.75, 3.05) is 18.0 Å². The SMILES string of the molecule is COc1ccc(N(CC(=O)N(Cc2ccc(C)cc2)[C@@H](Cc2ccccc2)C(=O)NC2CCCCC2)S(=O)(=O)c2ccc(C)cc2)cc1Cl. The van der Waals surface area contributed by atoms with Gasteiger partial charge in [0.1, 0.15) is 18.3 Å². The van der Waals surface area contributed by atoms with E-state index < -0.39 is 28.5 Å². The molecule has 49 heavy (non-hydrogen) atoms. The minimum Gasteiger partial charge on any atom is -0.495 e. The van der Waals surface area contributed by atoms with Crippen molar-refractivity contribution in [2.24, 2.45) is 0 Å². The smallest absolute Gasteiger partial charge is 0.264 e. The van der Waals surface area contributed by atoms with Crippen LogP contribution in [0.15, 0.2) is 102 Å². The number of amides is 2. The number of halogens is 1. The van der Waals surface area contributed by atoms with Crippen LogP contribution < -0.4 is 14.4 Å². The molecular formula is C39H44ClN3O5S. The van der Waals surface area contributed by atoms with Crippen LogP contribution in [-0.4, -0.2) is 50.9 Å². The maximum atomic E-state index is 14.7. The first-order valence-electron chi connectivity index (χ1n) is 16.7. The zero-order valence-corrected chi connectivity index (χ0v) is 29.8. The summed E-state index contributed by atoms with van der Waals surface area (Å²) in [4.78, 5) is 30.6. The molecule has 4 aromatic rings. The number of carbonyl (C=O) groups is 2. The monoisotopic (exact) mass is 701 g/mol. The van der Waals surface area contributed by atoms with Gasteiger partial charge in [-0.25, -0.2) is 8.42 Å². The molecule has 5 rings (SSSR count). The molecule has 10 heteroatoms. The summed E-state index contributed by atoms with van der Waals surface area (Å²) < 4.78 is 35.0. The summed E-state index contributed by atoms with van der Waals surface area (Å²) in [5, 5.41) is 3.44. The summed E-state index contributed by atoms with van der Waals surface area (Å²) in [7, 11) is -2.78. The number of aryl methyl sites for hydroxylation is 2. The first kappa shape index (κ1) is 36.0. The zero-order chi connectivity index (χ0) is 35.0. The predicted molar refractivity (Wildman–Crippen MR) is 194 cm³/mol. The van der Waals surface area contributed by atoms with E-state index in [4.69, 9.17) is 16.3 Å². The Hall–Kier alpha value is -4.34. The Balaban J connectivity index is 1.58. The number of hydrogen-bond donors (Lipinski definition) is 1. The molecule has 0 unspecified atom stereocenters. The van der Waals surface area contributed by atoms with Gasteiger partial charge in [0.2, 0.25) is 11.8 Å². The number of sulfonamides is 1. The molecule has 1 saturated carbocycles. The summed E-state index contributed by atoms with van der Waals surface area (Å²) in [6.45, 7) is 3.40. The van der Waals surface area contributed by atoms with Crippen LogP contribution in [0, 0.1) is 13.8 Å². The molecule has 1 aliphatic rings. The van der Waals surface area contributed by atoms with Gasteiger partial charge in [-0.05, 0) is 68.1 Å². The largest absolute Gasteiger partial charge is 0.495 e. The molecule has 1 atom stereocenters. The number of nitrogens with one attached hydrogen (secondary N) is 1. The number of benzene rings is 4. The van der Waals surface area contributed by atoms with Crippen molar-refractivity contribution in [1.29, 1.82) is 0 Å². The van der Waals surface area contributed by atoms with Gasteiger partial charge >= 0.3 is 0 Å². The van der Waals surface area contributed by atoms with Gasteiger partial charge in [-0.2, -0.15) is 0 Å². The van der Waals surface area contributed by atoms with Gasteiger partial charge in [0.05, 0.1) is 22.7 Å². The molecule has 8 nitrogen and oxygen atoms in total. The first-order chi connectivity index (χ1) is 23.5. The van der Waals surface area contributed by atoms with Gasteiger partial charge in [0, 0.05) is 19.0 Å². The van der Waals surface area contributed by atoms with Crippen LogP contribution in [-0.2, 0) is 32.6 Å². The summed E-state index contributed by atoms with van der Waals surface area (Å²) in [5.41, 5.74) is 3.86. The Bertz CT molecular complexity index is 1830. The Labute approximate surface area is 295 Å². The second-order valence-corrected chi connectivity index (χ2v) is 15.0. The highest BCUT2D eigenvalue weighted by Crippen LogP contribution is 2.32. The molecule has 0 aliphatic heterocycles. The number of anilines is 1. The quantitative estimate of drug-likeness (QED) is 0.159. The van der Waals surface area contributed by atoms with Crippen molar-refractivity contribution >= 4 is 39.1 Å². The highest BCUT2D eigenvalue weighted by atomic mass is 35.5. The fourth-order valence-electron chi connectivity index (χ4n) is 6.17. The van der Waals surface area contributed by atoms with E-state index >= 15 is 0 Å². The second-order valence-electron chi connectivity index (χ2n) is 12.7. The van der Waals surface area contributed by atoms with E-state index in [0.29, 0.717) is 5.75 Å². The van der Waals surface area contributed by atoms with Gasteiger partial charge in [0.15, 0.2) is 0 Å². The average Bonchev–Trinajstić information content (AvgIpc) is 3.10. The third kappa shape index (κ3) is 9.22. The lowest BCUT2D eigenvalue weighted by Crippen LogP contribution is -2.55. The van der Waals surface area contributed by atoms with E-state index in [-0.39, 0.29) is 40.5 Å². The minimum atomic E-state index is -4.26. The van der Waals surface area contributed by atoms with E-state index in [9.17, 15) is 18.0 Å². The summed E-state index contributed by atoms with van der Waals surface area (Å²) in [5.74, 6) is -0.410. The van der Waals surface area contributed by atoms with Crippen LogP contribution in [0.4, 0.5) is 5.69 Å². The third-order valence-corrected chi connectivity index (χ3v) is 11.1. The molecule has 1 fully saturated rings. The number of methoxy groups -OCH3 is 1. The van der Waals surface area contributed by atoms with Crippen molar-refractivity contribution in [3.63, 3.8) is 0 Å². The molecule has 0 spiro atoms. The Morgan fingerprint density at radius 1 is 0.857 bits per heavy atom. The highest BCUT2D eigenvalue weighted by Gasteiger charge is 2.35. The van der Waals surface area contributed by atoms with Crippen molar-refractivity contribution in [3.8, 4) is 5.75 Å². The average molecular weight is 702 g/mol. The van der Waals surface area contributed by atoms with Crippen molar-refractivity contribution in [2.45, 2.75) is 75.9 Å². The Kier molecular flexibility index (Phi) is 12.0. The van der Waals surface area contributed by atoms with Crippen LogP contribution in [0.3, 0.4) is 0 Å². The Morgan fingerprint density at radius 2 is 1.49 bits per heavy atom. The molecular weight excluding hydrogens is 658 g/mol. The summed E-state index contributed by atoms with van der Waals surface area (Å²) in [6.07, 6.45) is 5.24. The van der Waals surface area contributed by atoms with Crippen molar-refractivity contribution in [1.82, 2.24) is 10.2 Å². The zero-order valence-electron chi connectivity index (χ0n) is 28.3. The van der Waals surface area contributed by atoms with Gasteiger partial charge in [-0.15, -0.1) is 0 Å². The Morgan fingerprint density at radius 3 is 2.10 bits per heavy atom. The molecule has 4 aromatic carbocycles. The molecule has 0 radical (unpaired) electrons. The topological polar surface area (TPSA) is 96.0 Å². The summed E-state index contributed by atoms with van der Waals surface area (Å²) in [6, 6.07) is 27.5. The van der Waals surface area contributed by atoms with Crippen molar-refractivity contribution < 1.29 is 22.7 Å². The maximum Gasteiger partial charge on any atom is 0.264 e. The minimum absolute atomic E-state index is 0.0238. The van der Waals surface area contributed by atoms with E-state index in [1.165, 1.54) is 30.2 Å². The van der Waals surface area contributed by atoms with Crippen LogP contribution in [0.5, 0.6) is 5.75 Å². The lowest BCUT2D eigenvalue weighted by Gasteiger charge is -2.35. The number of nitrogens with zero attached hydrogens (tertiary/aromatic N) is 2. The lowest BCUT2D eigenvalue weighted by molar-refractivity contribution is -0.140. The third-order valence-electron chi connectivity index (χ3n) is 9.01. The molecule has 0 saturated heterocycles. The van der Waals surface area contributed by atoms with E-state index in [1.807, 2.05) is 68.4 Å². The fourth-order valence-corrected chi connectivity index (χ4v) is 7.82. The van der Waals surface area contributed by atoms with Gasteiger partial charge in [-0.1, -0.05) is 109 Å². The first-order valence-corrected chi connectivity index (χ1v) is 18.5. The van der Waals surface area contributed by atoms with E-state index in [1.54, 1.807) is 24.3 Å².